The summed E-state index contributed by atoms with van der Waals surface area (Å²) >= 11 is 0. The fourth-order valence-electron chi connectivity index (χ4n) is 2.66. The Morgan fingerprint density at radius 3 is 2.68 bits per heavy atom. The molecule has 3 heteroatoms. The molecule has 2 nitrogen and oxygen atoms in total. The van der Waals surface area contributed by atoms with E-state index in [0.29, 0.717) is 0 Å². The van der Waals surface area contributed by atoms with Gasteiger partial charge in [0.25, 0.3) is 0 Å². The molecule has 100 valence electrons. The Bertz CT molecular complexity index is 603. The summed E-state index contributed by atoms with van der Waals surface area (Å²) in [5.74, 6) is 2.15. The van der Waals surface area contributed by atoms with Crippen LogP contribution in [0.25, 0.3) is 11.0 Å². The number of aromatic nitrogens is 2. The van der Waals surface area contributed by atoms with Crippen LogP contribution in [0.15, 0.2) is 18.2 Å². The number of hydrogen-bond acceptors (Lipinski definition) is 1. The topological polar surface area (TPSA) is 17.8 Å². The Morgan fingerprint density at radius 1 is 1.32 bits per heavy atom. The van der Waals surface area contributed by atoms with Gasteiger partial charge in [0.15, 0.2) is 0 Å². The zero-order chi connectivity index (χ0) is 13.6. The number of imidazole rings is 1. The van der Waals surface area contributed by atoms with Gasteiger partial charge in [0.2, 0.25) is 0 Å². The Hall–Kier alpha value is -1.25. The van der Waals surface area contributed by atoms with Crippen molar-refractivity contribution in [1.29, 1.82) is 0 Å². The van der Waals surface area contributed by atoms with Crippen LogP contribution < -0.4 is 5.46 Å². The maximum atomic E-state index is 4.90. The van der Waals surface area contributed by atoms with Gasteiger partial charge >= 0.3 is 0 Å². The van der Waals surface area contributed by atoms with Gasteiger partial charge in [-0.1, -0.05) is 32.3 Å². The molecule has 0 radical (unpaired) electrons. The molecule has 0 amide bonds. The summed E-state index contributed by atoms with van der Waals surface area (Å²) in [6.45, 7) is 8.03. The molecule has 2 aromatic rings. The summed E-state index contributed by atoms with van der Waals surface area (Å²) < 4.78 is 2.47. The lowest BCUT2D eigenvalue weighted by Crippen LogP contribution is -2.15. The maximum Gasteiger partial charge on any atom is 0.139 e. The molecule has 1 aliphatic rings. The third-order valence-electron chi connectivity index (χ3n) is 3.81. The molecule has 3 rings (SSSR count). The summed E-state index contributed by atoms with van der Waals surface area (Å²) in [4.78, 5) is 4.90. The highest BCUT2D eigenvalue weighted by Crippen LogP contribution is 2.33. The second-order valence-corrected chi connectivity index (χ2v) is 7.31. The number of benzene rings is 1. The quantitative estimate of drug-likeness (QED) is 0.768. The van der Waals surface area contributed by atoms with Gasteiger partial charge in [-0.25, -0.2) is 4.98 Å². The van der Waals surface area contributed by atoms with Crippen LogP contribution in [-0.4, -0.2) is 17.4 Å². The average Bonchev–Trinajstić information content (AvgIpc) is 3.02. The molecule has 0 spiro atoms. The van der Waals surface area contributed by atoms with Crippen LogP contribution in [-0.2, 0) is 13.0 Å². The molecule has 1 aliphatic carbocycles. The van der Waals surface area contributed by atoms with Crippen LogP contribution in [0, 0.1) is 11.3 Å². The van der Waals surface area contributed by atoms with Crippen molar-refractivity contribution in [2.45, 2.75) is 46.6 Å². The maximum absolute atomic E-state index is 4.90. The van der Waals surface area contributed by atoms with Crippen molar-refractivity contribution < 1.29 is 0 Å². The fraction of sp³-hybridized carbons (Fsp3) is 0.562. The Morgan fingerprint density at radius 2 is 2.05 bits per heavy atom. The first-order valence-electron chi connectivity index (χ1n) is 7.38. The van der Waals surface area contributed by atoms with Crippen molar-refractivity contribution in [3.63, 3.8) is 0 Å². The van der Waals surface area contributed by atoms with Gasteiger partial charge in [0, 0.05) is 13.0 Å². The molecule has 0 atom stereocenters. The second-order valence-electron chi connectivity index (χ2n) is 7.31. The third-order valence-corrected chi connectivity index (χ3v) is 3.81. The van der Waals surface area contributed by atoms with E-state index in [1.807, 2.05) is 0 Å². The predicted molar refractivity (Wildman–Crippen MR) is 83.8 cm³/mol. The lowest BCUT2D eigenvalue weighted by atomic mass is 9.92. The molecule has 1 fully saturated rings. The summed E-state index contributed by atoms with van der Waals surface area (Å²) in [7, 11) is 2.14. The van der Waals surface area contributed by atoms with E-state index in [4.69, 9.17) is 4.98 Å². The molecule has 1 aromatic carbocycles. The lowest BCUT2D eigenvalue weighted by Gasteiger charge is -2.18. The van der Waals surface area contributed by atoms with E-state index in [2.05, 4.69) is 51.4 Å². The minimum atomic E-state index is 0.289. The van der Waals surface area contributed by atoms with Crippen LogP contribution in [0.3, 0.4) is 0 Å². The minimum Gasteiger partial charge on any atom is -0.328 e. The summed E-state index contributed by atoms with van der Waals surface area (Å²) in [6, 6.07) is 6.66. The van der Waals surface area contributed by atoms with Crippen LogP contribution in [0.5, 0.6) is 0 Å². The fourth-order valence-corrected chi connectivity index (χ4v) is 2.66. The smallest absolute Gasteiger partial charge is 0.139 e. The standard InChI is InChI=1S/C16H23BN2/c1-16(2,3)9-15-18-13-8-12(17)6-7-14(13)19(15)10-11-4-5-11/h6-8,11H,4-5,9-10,17H2,1-3H3. The molecule has 0 saturated heterocycles. The van der Waals surface area contributed by atoms with Crippen molar-refractivity contribution in [3.8, 4) is 0 Å². The lowest BCUT2D eigenvalue weighted by molar-refractivity contribution is 0.391. The van der Waals surface area contributed by atoms with Crippen molar-refractivity contribution in [1.82, 2.24) is 9.55 Å². The van der Waals surface area contributed by atoms with Gasteiger partial charge in [-0.05, 0) is 36.3 Å². The van der Waals surface area contributed by atoms with E-state index >= 15 is 0 Å². The first kappa shape index (κ1) is 12.8. The van der Waals surface area contributed by atoms with Crippen LogP contribution in [0.2, 0.25) is 0 Å². The van der Waals surface area contributed by atoms with Gasteiger partial charge in [-0.15, -0.1) is 0 Å². The summed E-state index contributed by atoms with van der Waals surface area (Å²) in [5.41, 5.74) is 4.07. The van der Waals surface area contributed by atoms with Crippen LogP contribution in [0.4, 0.5) is 0 Å². The number of fused-ring (bicyclic) bond motifs is 1. The Labute approximate surface area is 116 Å². The number of hydrogen-bond donors (Lipinski definition) is 0. The van der Waals surface area contributed by atoms with Crippen LogP contribution >= 0.6 is 0 Å². The molecule has 19 heavy (non-hydrogen) atoms. The SMILES string of the molecule is Bc1ccc2c(c1)nc(CC(C)(C)C)n2CC1CC1. The first-order chi connectivity index (χ1) is 8.92. The van der Waals surface area contributed by atoms with E-state index in [-0.39, 0.29) is 5.41 Å². The van der Waals surface area contributed by atoms with Gasteiger partial charge in [-0.3, -0.25) is 0 Å². The molecule has 1 saturated carbocycles. The first-order valence-corrected chi connectivity index (χ1v) is 7.38. The second kappa shape index (κ2) is 4.40. The molecule has 0 aliphatic heterocycles. The zero-order valence-electron chi connectivity index (χ0n) is 12.5. The normalized spacial score (nSPS) is 16.2. The van der Waals surface area contributed by atoms with Gasteiger partial charge < -0.3 is 4.57 Å². The molecule has 0 N–H and O–H groups in total. The van der Waals surface area contributed by atoms with Gasteiger partial charge in [0.05, 0.1) is 11.0 Å². The number of nitrogens with zero attached hydrogens (tertiary/aromatic N) is 2. The van der Waals surface area contributed by atoms with Gasteiger partial charge in [-0.2, -0.15) is 0 Å². The molecule has 1 heterocycles. The predicted octanol–water partition coefficient (Wildman–Crippen LogP) is 2.29. The van der Waals surface area contributed by atoms with E-state index < -0.39 is 0 Å². The number of rotatable bonds is 3. The summed E-state index contributed by atoms with van der Waals surface area (Å²) in [5, 5.41) is 0. The highest BCUT2D eigenvalue weighted by Gasteiger charge is 2.25. The molecule has 0 bridgehead atoms. The van der Waals surface area contributed by atoms with Crippen molar-refractivity contribution in [3.05, 3.63) is 24.0 Å². The van der Waals surface area contributed by atoms with Crippen molar-refractivity contribution >= 4 is 24.3 Å². The largest absolute Gasteiger partial charge is 0.328 e. The molecular weight excluding hydrogens is 231 g/mol. The molecule has 0 unspecified atom stereocenters. The monoisotopic (exact) mass is 254 g/mol. The van der Waals surface area contributed by atoms with E-state index in [1.165, 1.54) is 35.2 Å². The Balaban J connectivity index is 2.06. The average molecular weight is 254 g/mol. The van der Waals surface area contributed by atoms with Crippen LogP contribution in [0.1, 0.15) is 39.4 Å². The molecule has 1 aromatic heterocycles. The third kappa shape index (κ3) is 2.85. The van der Waals surface area contributed by atoms with Crippen molar-refractivity contribution in [2.75, 3.05) is 0 Å². The van der Waals surface area contributed by atoms with E-state index in [9.17, 15) is 0 Å². The zero-order valence-corrected chi connectivity index (χ0v) is 12.5. The van der Waals surface area contributed by atoms with E-state index in [0.717, 1.165) is 18.9 Å². The molecular formula is C16H23BN2. The summed E-state index contributed by atoms with van der Waals surface area (Å²) in [6.07, 6.45) is 3.83. The minimum absolute atomic E-state index is 0.289. The van der Waals surface area contributed by atoms with Crippen molar-refractivity contribution in [2.24, 2.45) is 11.3 Å². The highest BCUT2D eigenvalue weighted by atomic mass is 15.1. The Kier molecular flexibility index (Phi) is 2.96. The highest BCUT2D eigenvalue weighted by molar-refractivity contribution is 6.33. The van der Waals surface area contributed by atoms with Gasteiger partial charge in [0.1, 0.15) is 13.7 Å². The van der Waals surface area contributed by atoms with E-state index in [1.54, 1.807) is 0 Å².